The first-order valence-corrected chi connectivity index (χ1v) is 10.9. The van der Waals surface area contributed by atoms with Crippen molar-refractivity contribution in [1.82, 2.24) is 9.88 Å². The van der Waals surface area contributed by atoms with Crippen LogP contribution in [0.5, 0.6) is 5.75 Å². The second-order valence-corrected chi connectivity index (χ2v) is 8.12. The average molecular weight is 444 g/mol. The number of carbonyl (C=O) groups excluding carboxylic acids is 2. The molecule has 0 atom stereocenters. The summed E-state index contributed by atoms with van der Waals surface area (Å²) in [5.41, 5.74) is 6.22. The molecule has 0 aliphatic carbocycles. The second kappa shape index (κ2) is 8.60. The van der Waals surface area contributed by atoms with Crippen LogP contribution in [0.2, 0.25) is 0 Å². The lowest BCUT2D eigenvalue weighted by Crippen LogP contribution is -2.40. The smallest absolute Gasteiger partial charge is 0.256 e. The largest absolute Gasteiger partial charge is 0.497 e. The summed E-state index contributed by atoms with van der Waals surface area (Å²) < 4.78 is 10.7. The van der Waals surface area contributed by atoms with Crippen molar-refractivity contribution in [1.29, 1.82) is 0 Å². The first-order chi connectivity index (χ1) is 16.1. The Balaban J connectivity index is 1.55. The maximum atomic E-state index is 13.0. The van der Waals surface area contributed by atoms with Crippen LogP contribution in [0.4, 0.5) is 5.69 Å². The zero-order chi connectivity index (χ0) is 22.9. The SMILES string of the molecule is COc1cccc(-c2cccc3c2/C(=C/c2[nH]cc(C(=O)N4CCOCC4)c2C)C(=O)N3)c1. The second-order valence-electron chi connectivity index (χ2n) is 8.12. The Morgan fingerprint density at radius 3 is 2.73 bits per heavy atom. The molecule has 2 aliphatic heterocycles. The summed E-state index contributed by atoms with van der Waals surface area (Å²) in [6.45, 7) is 4.17. The number of nitrogens with zero attached hydrogens (tertiary/aromatic N) is 1. The molecule has 7 nitrogen and oxygen atoms in total. The average Bonchev–Trinajstić information content (AvgIpc) is 3.38. The van der Waals surface area contributed by atoms with Gasteiger partial charge in [0.15, 0.2) is 0 Å². The predicted molar refractivity (Wildman–Crippen MR) is 127 cm³/mol. The zero-order valence-corrected chi connectivity index (χ0v) is 18.6. The lowest BCUT2D eigenvalue weighted by atomic mass is 9.94. The summed E-state index contributed by atoms with van der Waals surface area (Å²) in [5, 5.41) is 2.97. The Hall–Kier alpha value is -3.84. The first kappa shape index (κ1) is 21.0. The van der Waals surface area contributed by atoms with Crippen LogP contribution < -0.4 is 10.1 Å². The number of H-pyrrole nitrogens is 1. The number of morpholine rings is 1. The predicted octanol–water partition coefficient (Wildman–Crippen LogP) is 3.96. The molecule has 2 amide bonds. The number of ether oxygens (including phenoxy) is 2. The highest BCUT2D eigenvalue weighted by molar-refractivity contribution is 6.36. The van der Waals surface area contributed by atoms with E-state index in [0.717, 1.165) is 39.4 Å². The number of carbonyl (C=O) groups is 2. The van der Waals surface area contributed by atoms with E-state index in [2.05, 4.69) is 10.3 Å². The minimum Gasteiger partial charge on any atom is -0.497 e. The highest BCUT2D eigenvalue weighted by atomic mass is 16.5. The minimum absolute atomic E-state index is 0.0231. The molecule has 1 aromatic heterocycles. The first-order valence-electron chi connectivity index (χ1n) is 10.9. The number of aromatic amines is 1. The Bertz CT molecular complexity index is 1270. The molecule has 1 saturated heterocycles. The Morgan fingerprint density at radius 2 is 1.94 bits per heavy atom. The van der Waals surface area contributed by atoms with E-state index >= 15 is 0 Å². The van der Waals surface area contributed by atoms with Crippen LogP contribution in [0.15, 0.2) is 48.7 Å². The lowest BCUT2D eigenvalue weighted by Gasteiger charge is -2.26. The molecule has 0 bridgehead atoms. The maximum Gasteiger partial charge on any atom is 0.256 e. The number of benzene rings is 2. The number of amides is 2. The van der Waals surface area contributed by atoms with Gasteiger partial charge in [-0.15, -0.1) is 0 Å². The lowest BCUT2D eigenvalue weighted by molar-refractivity contribution is -0.110. The van der Waals surface area contributed by atoms with Gasteiger partial charge in [0.1, 0.15) is 5.75 Å². The molecule has 2 aromatic carbocycles. The van der Waals surface area contributed by atoms with Gasteiger partial charge in [-0.3, -0.25) is 9.59 Å². The summed E-state index contributed by atoms with van der Waals surface area (Å²) in [5.74, 6) is 0.555. The molecule has 0 radical (unpaired) electrons. The van der Waals surface area contributed by atoms with Gasteiger partial charge in [0.2, 0.25) is 0 Å². The van der Waals surface area contributed by atoms with Crippen molar-refractivity contribution < 1.29 is 19.1 Å². The molecule has 168 valence electrons. The van der Waals surface area contributed by atoms with Gasteiger partial charge >= 0.3 is 0 Å². The number of fused-ring (bicyclic) bond motifs is 1. The Labute approximate surface area is 192 Å². The van der Waals surface area contributed by atoms with E-state index in [1.165, 1.54) is 0 Å². The van der Waals surface area contributed by atoms with Gasteiger partial charge in [-0.1, -0.05) is 24.3 Å². The summed E-state index contributed by atoms with van der Waals surface area (Å²) in [7, 11) is 1.63. The van der Waals surface area contributed by atoms with Crippen molar-refractivity contribution >= 4 is 29.2 Å². The highest BCUT2D eigenvalue weighted by Crippen LogP contribution is 2.41. The fourth-order valence-corrected chi connectivity index (χ4v) is 4.38. The normalized spacial score (nSPS) is 16.6. The van der Waals surface area contributed by atoms with Crippen LogP contribution in [0, 0.1) is 6.92 Å². The molecule has 0 spiro atoms. The molecular formula is C26H25N3O4. The summed E-state index contributed by atoms with van der Waals surface area (Å²) in [6, 6.07) is 13.6. The van der Waals surface area contributed by atoms with Crippen LogP contribution in [0.3, 0.4) is 0 Å². The van der Waals surface area contributed by atoms with Gasteiger partial charge in [-0.25, -0.2) is 0 Å². The molecule has 2 N–H and O–H groups in total. The van der Waals surface area contributed by atoms with E-state index in [1.807, 2.05) is 55.5 Å². The number of hydrogen-bond donors (Lipinski definition) is 2. The summed E-state index contributed by atoms with van der Waals surface area (Å²) in [6.07, 6.45) is 3.55. The van der Waals surface area contributed by atoms with Gasteiger partial charge in [-0.2, -0.15) is 0 Å². The summed E-state index contributed by atoms with van der Waals surface area (Å²) in [4.78, 5) is 30.9. The number of hydrogen-bond acceptors (Lipinski definition) is 4. The molecule has 2 aliphatic rings. The zero-order valence-electron chi connectivity index (χ0n) is 18.6. The molecule has 0 unspecified atom stereocenters. The van der Waals surface area contributed by atoms with Crippen LogP contribution in [-0.2, 0) is 9.53 Å². The Kier molecular flexibility index (Phi) is 5.48. The fraction of sp³-hybridized carbons (Fsp3) is 0.231. The number of nitrogens with one attached hydrogen (secondary N) is 2. The van der Waals surface area contributed by atoms with Gasteiger partial charge in [0.05, 0.1) is 31.5 Å². The van der Waals surface area contributed by atoms with Crippen LogP contribution in [0.1, 0.15) is 27.2 Å². The van der Waals surface area contributed by atoms with Crippen molar-refractivity contribution in [3.05, 3.63) is 71.0 Å². The molecule has 5 rings (SSSR count). The van der Waals surface area contributed by atoms with E-state index in [4.69, 9.17) is 9.47 Å². The number of anilines is 1. The molecular weight excluding hydrogens is 418 g/mol. The van der Waals surface area contributed by atoms with Crippen molar-refractivity contribution in [2.45, 2.75) is 6.92 Å². The van der Waals surface area contributed by atoms with E-state index in [1.54, 1.807) is 18.2 Å². The number of rotatable bonds is 4. The van der Waals surface area contributed by atoms with Crippen molar-refractivity contribution in [2.75, 3.05) is 38.7 Å². The molecule has 3 heterocycles. The third-order valence-electron chi connectivity index (χ3n) is 6.20. The van der Waals surface area contributed by atoms with Crippen LogP contribution >= 0.6 is 0 Å². The van der Waals surface area contributed by atoms with Crippen molar-refractivity contribution in [2.24, 2.45) is 0 Å². The van der Waals surface area contributed by atoms with E-state index < -0.39 is 0 Å². The molecule has 7 heteroatoms. The van der Waals surface area contributed by atoms with Gasteiger partial charge in [0, 0.05) is 36.2 Å². The number of aromatic nitrogens is 1. The molecule has 0 saturated carbocycles. The van der Waals surface area contributed by atoms with E-state index in [9.17, 15) is 9.59 Å². The van der Waals surface area contributed by atoms with E-state index in [-0.39, 0.29) is 11.8 Å². The van der Waals surface area contributed by atoms with Crippen LogP contribution in [0.25, 0.3) is 22.8 Å². The quantitative estimate of drug-likeness (QED) is 0.598. The Morgan fingerprint density at radius 1 is 1.15 bits per heavy atom. The minimum atomic E-state index is -0.171. The third-order valence-corrected chi connectivity index (χ3v) is 6.20. The molecule has 3 aromatic rings. The standard InChI is InChI=1S/C26H25N3O4/c1-16-21(26(31)29-9-11-33-12-10-29)15-27-23(16)14-20-24-19(7-4-8-22(24)28-25(20)30)17-5-3-6-18(13-17)32-2/h3-8,13-15,27H,9-12H2,1-2H3,(H,28,30)/b20-14-. The molecule has 33 heavy (non-hydrogen) atoms. The van der Waals surface area contributed by atoms with E-state index in [0.29, 0.717) is 37.4 Å². The summed E-state index contributed by atoms with van der Waals surface area (Å²) >= 11 is 0. The van der Waals surface area contributed by atoms with Gasteiger partial charge in [-0.05, 0) is 47.9 Å². The number of methoxy groups -OCH3 is 1. The van der Waals surface area contributed by atoms with Gasteiger partial charge < -0.3 is 24.7 Å². The van der Waals surface area contributed by atoms with Crippen molar-refractivity contribution in [3.63, 3.8) is 0 Å². The van der Waals surface area contributed by atoms with Crippen LogP contribution in [-0.4, -0.2) is 55.1 Å². The maximum absolute atomic E-state index is 13.0. The highest BCUT2D eigenvalue weighted by Gasteiger charge is 2.28. The fourth-order valence-electron chi connectivity index (χ4n) is 4.38. The molecule has 1 fully saturated rings. The monoisotopic (exact) mass is 443 g/mol. The topological polar surface area (TPSA) is 83.7 Å². The van der Waals surface area contributed by atoms with Gasteiger partial charge in [0.25, 0.3) is 11.8 Å². The van der Waals surface area contributed by atoms with Crippen molar-refractivity contribution in [3.8, 4) is 16.9 Å². The third kappa shape index (κ3) is 3.81.